The minimum atomic E-state index is -1.83. The predicted octanol–water partition coefficient (Wildman–Crippen LogP) is 3.63. The van der Waals surface area contributed by atoms with E-state index in [4.69, 9.17) is 0 Å². The first-order valence-corrected chi connectivity index (χ1v) is 5.49. The van der Waals surface area contributed by atoms with Crippen LogP contribution in [-0.4, -0.2) is 5.11 Å². The summed E-state index contributed by atoms with van der Waals surface area (Å²) in [6.45, 7) is 1.36. The largest absolute Gasteiger partial charge is 0.383 e. The number of aliphatic hydroxyl groups is 1. The summed E-state index contributed by atoms with van der Waals surface area (Å²) in [5.74, 6) is -3.83. The molecule has 0 amide bonds. The van der Waals surface area contributed by atoms with Crippen molar-refractivity contribution >= 4 is 0 Å². The molecule has 0 aliphatic heterocycles. The van der Waals surface area contributed by atoms with Crippen LogP contribution < -0.4 is 0 Å². The zero-order valence-corrected chi connectivity index (χ0v) is 9.92. The Kier molecular flexibility index (Phi) is 3.57. The van der Waals surface area contributed by atoms with Gasteiger partial charge in [0.15, 0.2) is 0 Å². The normalized spacial score (nSPS) is 12.5. The molecule has 2 aromatic rings. The zero-order chi connectivity index (χ0) is 14.2. The fourth-order valence-electron chi connectivity index (χ4n) is 1.82. The van der Waals surface area contributed by atoms with Crippen LogP contribution in [0.1, 0.15) is 22.8 Å². The fraction of sp³-hybridized carbons (Fsp3) is 0.143. The Morgan fingerprint density at radius 2 is 1.47 bits per heavy atom. The number of rotatable bonds is 2. The van der Waals surface area contributed by atoms with Gasteiger partial charge in [-0.2, -0.15) is 0 Å². The third-order valence-electron chi connectivity index (χ3n) is 2.85. The second kappa shape index (κ2) is 5.01. The molecule has 2 rings (SSSR count). The van der Waals surface area contributed by atoms with Gasteiger partial charge in [0.25, 0.3) is 0 Å². The molecule has 0 bridgehead atoms. The molecule has 1 unspecified atom stereocenters. The fourth-order valence-corrected chi connectivity index (χ4v) is 1.82. The molecular formula is C14H10F4O. The van der Waals surface area contributed by atoms with Gasteiger partial charge in [0, 0.05) is 11.6 Å². The van der Waals surface area contributed by atoms with Crippen molar-refractivity contribution in [1.29, 1.82) is 0 Å². The monoisotopic (exact) mass is 270 g/mol. The van der Waals surface area contributed by atoms with Crippen LogP contribution in [0.25, 0.3) is 0 Å². The standard InChI is InChI=1S/C14H10F4O/c1-7-5-8(12(18)6-11(7)17)14(19)13-9(15)3-2-4-10(13)16/h2-6,14,19H,1H3. The Morgan fingerprint density at radius 3 is 2.05 bits per heavy atom. The van der Waals surface area contributed by atoms with E-state index in [-0.39, 0.29) is 11.1 Å². The lowest BCUT2D eigenvalue weighted by molar-refractivity contribution is 0.203. The van der Waals surface area contributed by atoms with Gasteiger partial charge in [-0.25, -0.2) is 17.6 Å². The van der Waals surface area contributed by atoms with Gasteiger partial charge in [0.2, 0.25) is 0 Å². The van der Waals surface area contributed by atoms with E-state index in [2.05, 4.69) is 0 Å². The van der Waals surface area contributed by atoms with E-state index >= 15 is 0 Å². The molecule has 5 heteroatoms. The number of benzene rings is 2. The van der Waals surface area contributed by atoms with Crippen molar-refractivity contribution in [1.82, 2.24) is 0 Å². The maximum Gasteiger partial charge on any atom is 0.132 e. The van der Waals surface area contributed by atoms with Crippen LogP contribution in [-0.2, 0) is 0 Å². The minimum Gasteiger partial charge on any atom is -0.383 e. The quantitative estimate of drug-likeness (QED) is 0.826. The first-order chi connectivity index (χ1) is 8.91. The van der Waals surface area contributed by atoms with Gasteiger partial charge in [-0.1, -0.05) is 6.07 Å². The molecule has 0 aliphatic carbocycles. The van der Waals surface area contributed by atoms with Crippen molar-refractivity contribution in [2.24, 2.45) is 0 Å². The number of aliphatic hydroxyl groups excluding tert-OH is 1. The summed E-state index contributed by atoms with van der Waals surface area (Å²) in [7, 11) is 0. The average molecular weight is 270 g/mol. The van der Waals surface area contributed by atoms with Gasteiger partial charge in [-0.3, -0.25) is 0 Å². The Balaban J connectivity index is 2.56. The molecule has 0 fully saturated rings. The van der Waals surface area contributed by atoms with Gasteiger partial charge in [-0.05, 0) is 30.7 Å². The van der Waals surface area contributed by atoms with Gasteiger partial charge in [0.05, 0.1) is 5.56 Å². The second-order valence-corrected chi connectivity index (χ2v) is 4.16. The molecule has 0 radical (unpaired) electrons. The van der Waals surface area contributed by atoms with Gasteiger partial charge >= 0.3 is 0 Å². The van der Waals surface area contributed by atoms with Crippen molar-refractivity contribution in [2.45, 2.75) is 13.0 Å². The Labute approximate surface area is 107 Å². The van der Waals surface area contributed by atoms with E-state index in [0.717, 1.165) is 24.3 Å². The summed E-state index contributed by atoms with van der Waals surface area (Å²) >= 11 is 0. The molecule has 0 spiro atoms. The molecule has 100 valence electrons. The van der Waals surface area contributed by atoms with Crippen molar-refractivity contribution in [3.63, 3.8) is 0 Å². The van der Waals surface area contributed by atoms with Crippen LogP contribution in [0.3, 0.4) is 0 Å². The molecule has 2 aromatic carbocycles. The van der Waals surface area contributed by atoms with Crippen molar-refractivity contribution in [3.05, 3.63) is 70.3 Å². The van der Waals surface area contributed by atoms with Crippen LogP contribution >= 0.6 is 0 Å². The van der Waals surface area contributed by atoms with Crippen LogP contribution in [0, 0.1) is 30.2 Å². The van der Waals surface area contributed by atoms with Crippen LogP contribution in [0.15, 0.2) is 30.3 Å². The van der Waals surface area contributed by atoms with E-state index < -0.39 is 34.9 Å². The van der Waals surface area contributed by atoms with Crippen molar-refractivity contribution < 1.29 is 22.7 Å². The second-order valence-electron chi connectivity index (χ2n) is 4.16. The molecule has 0 saturated carbocycles. The van der Waals surface area contributed by atoms with Gasteiger partial charge in [0.1, 0.15) is 29.4 Å². The highest BCUT2D eigenvalue weighted by Crippen LogP contribution is 2.29. The number of hydrogen-bond donors (Lipinski definition) is 1. The molecule has 0 aromatic heterocycles. The Morgan fingerprint density at radius 1 is 0.895 bits per heavy atom. The molecule has 0 heterocycles. The topological polar surface area (TPSA) is 20.2 Å². The lowest BCUT2D eigenvalue weighted by Gasteiger charge is -2.15. The van der Waals surface area contributed by atoms with E-state index in [1.807, 2.05) is 0 Å². The smallest absolute Gasteiger partial charge is 0.132 e. The van der Waals surface area contributed by atoms with Gasteiger partial charge < -0.3 is 5.11 Å². The SMILES string of the molecule is Cc1cc(C(O)c2c(F)cccc2F)c(F)cc1F. The van der Waals surface area contributed by atoms with Crippen LogP contribution in [0.4, 0.5) is 17.6 Å². The van der Waals surface area contributed by atoms with E-state index in [0.29, 0.717) is 6.07 Å². The Hall–Kier alpha value is -1.88. The summed E-state index contributed by atoms with van der Waals surface area (Å²) in [5, 5.41) is 9.91. The maximum atomic E-state index is 13.6. The molecule has 1 N–H and O–H groups in total. The highest BCUT2D eigenvalue weighted by molar-refractivity contribution is 5.35. The van der Waals surface area contributed by atoms with Crippen molar-refractivity contribution in [3.8, 4) is 0 Å². The highest BCUT2D eigenvalue weighted by Gasteiger charge is 2.23. The van der Waals surface area contributed by atoms with Crippen LogP contribution in [0.2, 0.25) is 0 Å². The van der Waals surface area contributed by atoms with E-state index in [1.54, 1.807) is 0 Å². The summed E-state index contributed by atoms with van der Waals surface area (Å²) in [6, 6.07) is 4.65. The third kappa shape index (κ3) is 2.46. The number of aryl methyl sites for hydroxylation is 1. The molecule has 0 saturated heterocycles. The van der Waals surface area contributed by atoms with E-state index in [1.165, 1.54) is 6.92 Å². The Bertz CT molecular complexity index is 605. The molecular weight excluding hydrogens is 260 g/mol. The minimum absolute atomic E-state index is 0.0761. The highest BCUT2D eigenvalue weighted by atomic mass is 19.1. The molecule has 19 heavy (non-hydrogen) atoms. The number of halogens is 4. The first kappa shape index (κ1) is 13.5. The zero-order valence-electron chi connectivity index (χ0n) is 9.92. The number of hydrogen-bond acceptors (Lipinski definition) is 1. The summed E-state index contributed by atoms with van der Waals surface area (Å²) in [4.78, 5) is 0. The molecule has 0 aliphatic rings. The van der Waals surface area contributed by atoms with Crippen molar-refractivity contribution in [2.75, 3.05) is 0 Å². The molecule has 1 atom stereocenters. The molecule has 1 nitrogen and oxygen atoms in total. The average Bonchev–Trinajstić information content (AvgIpc) is 2.33. The first-order valence-electron chi connectivity index (χ1n) is 5.49. The summed E-state index contributed by atoms with van der Waals surface area (Å²) < 4.78 is 53.7. The summed E-state index contributed by atoms with van der Waals surface area (Å²) in [5.41, 5.74) is -0.956. The maximum absolute atomic E-state index is 13.6. The van der Waals surface area contributed by atoms with Crippen LogP contribution in [0.5, 0.6) is 0 Å². The lowest BCUT2D eigenvalue weighted by atomic mass is 9.98. The summed E-state index contributed by atoms with van der Waals surface area (Å²) in [6.07, 6.45) is -1.83. The van der Waals surface area contributed by atoms with E-state index in [9.17, 15) is 22.7 Å². The third-order valence-corrected chi connectivity index (χ3v) is 2.85. The predicted molar refractivity (Wildman–Crippen MR) is 61.5 cm³/mol. The van der Waals surface area contributed by atoms with Gasteiger partial charge in [-0.15, -0.1) is 0 Å². The lowest BCUT2D eigenvalue weighted by Crippen LogP contribution is -2.08.